The predicted molar refractivity (Wildman–Crippen MR) is 187 cm³/mol. The van der Waals surface area contributed by atoms with Crippen LogP contribution in [0.2, 0.25) is 0 Å². The Bertz CT molecular complexity index is 1170. The first-order valence-electron chi connectivity index (χ1n) is 17.5. The van der Waals surface area contributed by atoms with Crippen molar-refractivity contribution in [1.29, 1.82) is 0 Å². The molecule has 1 aliphatic rings. The van der Waals surface area contributed by atoms with Crippen LogP contribution in [0.25, 0.3) is 0 Å². The average molecular weight is 675 g/mol. The number of benzene rings is 1. The lowest BCUT2D eigenvalue weighted by atomic mass is 9.89. The molecule has 48 heavy (non-hydrogen) atoms. The molecule has 3 N–H and O–H groups in total. The van der Waals surface area contributed by atoms with Gasteiger partial charge in [0.1, 0.15) is 0 Å². The Morgan fingerprint density at radius 3 is 2.21 bits per heavy atom. The van der Waals surface area contributed by atoms with Crippen LogP contribution in [0.1, 0.15) is 79.2 Å². The molecule has 11 heteroatoms. The molecular formula is C37H62N4O7. The van der Waals surface area contributed by atoms with E-state index in [9.17, 15) is 19.2 Å². The van der Waals surface area contributed by atoms with Crippen molar-refractivity contribution in [1.82, 2.24) is 15.1 Å². The monoisotopic (exact) mass is 674 g/mol. The highest BCUT2D eigenvalue weighted by atomic mass is 16.5. The van der Waals surface area contributed by atoms with E-state index in [1.165, 1.54) is 7.11 Å². The fraction of sp³-hybridized carbons (Fsp3) is 0.730. The fourth-order valence-electron chi connectivity index (χ4n) is 6.98. The topological polar surface area (TPSA) is 141 Å². The van der Waals surface area contributed by atoms with Gasteiger partial charge in [0.15, 0.2) is 0 Å². The zero-order valence-corrected chi connectivity index (χ0v) is 30.9. The Kier molecular flexibility index (Phi) is 17.0. The van der Waals surface area contributed by atoms with E-state index >= 15 is 0 Å². The summed E-state index contributed by atoms with van der Waals surface area (Å²) in [6.07, 6.45) is 2.24. The number of amides is 3. The van der Waals surface area contributed by atoms with E-state index in [0.717, 1.165) is 18.4 Å². The lowest BCUT2D eigenvalue weighted by molar-refractivity contribution is -0.147. The van der Waals surface area contributed by atoms with E-state index in [4.69, 9.17) is 19.9 Å². The standard InChI is InChI=1S/C37H62N4O7/c1-11-24(4)33(40(7)36(44)32(38)23(2)3)30(46-8)22-31(42)41-19-15-18-29(41)34(47-9)26(6)35(43)39-28(20-25(5)37(45)48-10)21-27-16-13-12-14-17-27/h12-14,16-17,23-26,28-30,32-34H,11,15,18-22,38H2,1-10H3,(H,39,43). The van der Waals surface area contributed by atoms with Crippen molar-refractivity contribution < 1.29 is 33.4 Å². The number of carbonyl (C=O) groups excluding carboxylic acids is 4. The Labute approximate surface area is 288 Å². The van der Waals surface area contributed by atoms with Crippen LogP contribution in [-0.4, -0.2) is 105 Å². The summed E-state index contributed by atoms with van der Waals surface area (Å²) in [7, 11) is 6.26. The number of likely N-dealkylation sites (tertiary alicyclic amines) is 1. The number of methoxy groups -OCH3 is 3. The van der Waals surface area contributed by atoms with Crippen molar-refractivity contribution in [3.05, 3.63) is 35.9 Å². The molecule has 0 aromatic heterocycles. The number of nitrogens with one attached hydrogen (secondary N) is 1. The molecule has 0 aliphatic carbocycles. The van der Waals surface area contributed by atoms with Crippen molar-refractivity contribution in [3.8, 4) is 0 Å². The molecule has 0 saturated carbocycles. The van der Waals surface area contributed by atoms with E-state index in [1.807, 2.05) is 56.0 Å². The maximum Gasteiger partial charge on any atom is 0.308 e. The van der Waals surface area contributed by atoms with Crippen molar-refractivity contribution in [2.45, 2.75) is 116 Å². The SMILES string of the molecule is CCC(C)C(C(CC(=O)N1CCCC1C(OC)C(C)C(=O)NC(Cc1ccccc1)CC(C)C(=O)OC)OC)N(C)C(=O)C(N)C(C)C. The quantitative estimate of drug-likeness (QED) is 0.211. The average Bonchev–Trinajstić information content (AvgIpc) is 3.56. The minimum atomic E-state index is -0.649. The highest BCUT2D eigenvalue weighted by Crippen LogP contribution is 2.30. The number of likely N-dealkylation sites (N-methyl/N-ethyl adjacent to an activating group) is 1. The van der Waals surface area contributed by atoms with Crippen LogP contribution in [0.15, 0.2) is 30.3 Å². The van der Waals surface area contributed by atoms with E-state index in [2.05, 4.69) is 19.2 Å². The van der Waals surface area contributed by atoms with Gasteiger partial charge in [0, 0.05) is 33.9 Å². The Morgan fingerprint density at radius 2 is 1.67 bits per heavy atom. The first-order chi connectivity index (χ1) is 22.7. The second kappa shape index (κ2) is 19.8. The summed E-state index contributed by atoms with van der Waals surface area (Å²) in [6.45, 7) is 12.1. The zero-order chi connectivity index (χ0) is 36.1. The van der Waals surface area contributed by atoms with Crippen LogP contribution in [0.4, 0.5) is 0 Å². The molecule has 1 fully saturated rings. The van der Waals surface area contributed by atoms with Gasteiger partial charge in [-0.3, -0.25) is 19.2 Å². The van der Waals surface area contributed by atoms with Crippen LogP contribution in [0.5, 0.6) is 0 Å². The lowest BCUT2D eigenvalue weighted by Crippen LogP contribution is -2.56. The molecule has 1 heterocycles. The van der Waals surface area contributed by atoms with E-state index in [0.29, 0.717) is 25.8 Å². The third-order valence-corrected chi connectivity index (χ3v) is 10.2. The summed E-state index contributed by atoms with van der Waals surface area (Å²) in [4.78, 5) is 56.8. The molecular weight excluding hydrogens is 612 g/mol. The van der Waals surface area contributed by atoms with Gasteiger partial charge in [-0.05, 0) is 43.1 Å². The summed E-state index contributed by atoms with van der Waals surface area (Å²) in [5, 5.41) is 3.17. The van der Waals surface area contributed by atoms with Crippen LogP contribution in [0.3, 0.4) is 0 Å². The molecule has 3 amide bonds. The van der Waals surface area contributed by atoms with Gasteiger partial charge in [0.2, 0.25) is 17.7 Å². The molecule has 2 rings (SSSR count). The van der Waals surface area contributed by atoms with Crippen molar-refractivity contribution in [3.63, 3.8) is 0 Å². The zero-order valence-electron chi connectivity index (χ0n) is 30.9. The molecule has 1 aromatic rings. The van der Waals surface area contributed by atoms with E-state index in [1.54, 1.807) is 33.1 Å². The first-order valence-corrected chi connectivity index (χ1v) is 17.5. The van der Waals surface area contributed by atoms with Crippen molar-refractivity contribution in [2.24, 2.45) is 29.4 Å². The molecule has 272 valence electrons. The number of hydrogen-bond acceptors (Lipinski definition) is 8. The van der Waals surface area contributed by atoms with Gasteiger partial charge in [-0.25, -0.2) is 0 Å². The maximum absolute atomic E-state index is 14.0. The van der Waals surface area contributed by atoms with Gasteiger partial charge in [-0.1, -0.05) is 78.3 Å². The van der Waals surface area contributed by atoms with E-state index in [-0.39, 0.29) is 60.1 Å². The molecule has 1 saturated heterocycles. The fourth-order valence-corrected chi connectivity index (χ4v) is 6.98. The lowest BCUT2D eigenvalue weighted by Gasteiger charge is -2.40. The van der Waals surface area contributed by atoms with Gasteiger partial charge in [-0.2, -0.15) is 0 Å². The largest absolute Gasteiger partial charge is 0.469 e. The predicted octanol–water partition coefficient (Wildman–Crippen LogP) is 3.82. The molecule has 0 spiro atoms. The number of rotatable bonds is 19. The third kappa shape index (κ3) is 11.0. The molecule has 1 aliphatic heterocycles. The second-order valence-electron chi connectivity index (χ2n) is 13.9. The van der Waals surface area contributed by atoms with Gasteiger partial charge in [0.05, 0.1) is 55.7 Å². The molecule has 9 unspecified atom stereocenters. The summed E-state index contributed by atoms with van der Waals surface area (Å²) in [6, 6.07) is 8.22. The maximum atomic E-state index is 14.0. The summed E-state index contributed by atoms with van der Waals surface area (Å²) >= 11 is 0. The molecule has 9 atom stereocenters. The number of nitrogens with two attached hydrogens (primary N) is 1. The van der Waals surface area contributed by atoms with Crippen LogP contribution in [-0.2, 0) is 39.8 Å². The summed E-state index contributed by atoms with van der Waals surface area (Å²) in [5.74, 6) is -1.74. The summed E-state index contributed by atoms with van der Waals surface area (Å²) < 4.78 is 16.8. The van der Waals surface area contributed by atoms with Gasteiger partial charge in [0.25, 0.3) is 0 Å². The molecule has 0 bridgehead atoms. The van der Waals surface area contributed by atoms with Gasteiger partial charge < -0.3 is 35.1 Å². The highest BCUT2D eigenvalue weighted by Gasteiger charge is 2.42. The highest BCUT2D eigenvalue weighted by molar-refractivity contribution is 5.83. The smallest absolute Gasteiger partial charge is 0.308 e. The molecule has 0 radical (unpaired) electrons. The number of hydrogen-bond donors (Lipinski definition) is 2. The number of nitrogens with zero attached hydrogens (tertiary/aromatic N) is 2. The Morgan fingerprint density at radius 1 is 1.02 bits per heavy atom. The molecule has 1 aromatic carbocycles. The third-order valence-electron chi connectivity index (χ3n) is 10.2. The Balaban J connectivity index is 2.24. The molecule has 11 nitrogen and oxygen atoms in total. The normalized spacial score (nSPS) is 19.8. The minimum Gasteiger partial charge on any atom is -0.469 e. The number of esters is 1. The van der Waals surface area contributed by atoms with Crippen LogP contribution in [0, 0.1) is 23.7 Å². The van der Waals surface area contributed by atoms with Crippen LogP contribution >= 0.6 is 0 Å². The number of carbonyl (C=O) groups is 4. The van der Waals surface area contributed by atoms with Gasteiger partial charge in [-0.15, -0.1) is 0 Å². The number of ether oxygens (including phenoxy) is 3. The van der Waals surface area contributed by atoms with E-state index < -0.39 is 30.1 Å². The van der Waals surface area contributed by atoms with Crippen LogP contribution < -0.4 is 11.1 Å². The first kappa shape index (κ1) is 41.2. The second-order valence-corrected chi connectivity index (χ2v) is 13.9. The van der Waals surface area contributed by atoms with Crippen molar-refractivity contribution in [2.75, 3.05) is 34.9 Å². The van der Waals surface area contributed by atoms with Crippen molar-refractivity contribution >= 4 is 23.7 Å². The minimum absolute atomic E-state index is 0.0273. The summed E-state index contributed by atoms with van der Waals surface area (Å²) in [5.41, 5.74) is 7.29. The Hall–Kier alpha value is -3.02. The van der Waals surface area contributed by atoms with Gasteiger partial charge >= 0.3 is 5.97 Å².